The predicted molar refractivity (Wildman–Crippen MR) is 146 cm³/mol. The molecule has 0 bridgehead atoms. The molecule has 0 aliphatic carbocycles. The molecule has 4 aromatic carbocycles. The van der Waals surface area contributed by atoms with Gasteiger partial charge in [0.25, 0.3) is 5.91 Å². The number of methoxy groups -OCH3 is 1. The van der Waals surface area contributed by atoms with E-state index in [0.29, 0.717) is 41.5 Å². The van der Waals surface area contributed by atoms with Crippen molar-refractivity contribution in [3.63, 3.8) is 0 Å². The number of carbonyl (C=O) groups excluding carboxylic acids is 2. The molecule has 0 saturated carbocycles. The van der Waals surface area contributed by atoms with E-state index in [0.717, 1.165) is 16.3 Å². The van der Waals surface area contributed by atoms with Crippen molar-refractivity contribution in [1.82, 2.24) is 0 Å². The van der Waals surface area contributed by atoms with Gasteiger partial charge in [-0.05, 0) is 71.3 Å². The van der Waals surface area contributed by atoms with E-state index >= 15 is 0 Å². The topological polar surface area (TPSA) is 97.7 Å². The molecule has 7 nitrogen and oxygen atoms in total. The van der Waals surface area contributed by atoms with Gasteiger partial charge in [0, 0.05) is 5.69 Å². The maximum Gasteiger partial charge on any atom is 0.337 e. The first-order chi connectivity index (χ1) is 18.5. The van der Waals surface area contributed by atoms with Crippen molar-refractivity contribution in [1.29, 1.82) is 5.26 Å². The fraction of sp³-hybridized carbons (Fsp3) is 0.129. The van der Waals surface area contributed by atoms with Crippen LogP contribution in [-0.2, 0) is 16.1 Å². The molecule has 4 aromatic rings. The predicted octanol–water partition coefficient (Wildman–Crippen LogP) is 6.15. The van der Waals surface area contributed by atoms with E-state index in [9.17, 15) is 14.9 Å². The Morgan fingerprint density at radius 2 is 1.68 bits per heavy atom. The Bertz CT molecular complexity index is 1530. The Balaban J connectivity index is 1.50. The number of benzene rings is 4. The second kappa shape index (κ2) is 12.2. The molecule has 1 amide bonds. The number of hydrogen-bond donors (Lipinski definition) is 1. The van der Waals surface area contributed by atoms with Crippen LogP contribution in [-0.4, -0.2) is 25.6 Å². The second-order valence-corrected chi connectivity index (χ2v) is 8.26. The Morgan fingerprint density at radius 1 is 0.921 bits per heavy atom. The SMILES string of the molecule is CCOc1cc(/C=C(\C#N)C(=O)Nc2ccc(C(=O)OC)cc2)ccc1OCc1cccc2ccccc12. The van der Waals surface area contributed by atoms with Gasteiger partial charge >= 0.3 is 5.97 Å². The summed E-state index contributed by atoms with van der Waals surface area (Å²) in [7, 11) is 1.29. The minimum Gasteiger partial charge on any atom is -0.490 e. The maximum absolute atomic E-state index is 12.7. The third-order valence-electron chi connectivity index (χ3n) is 5.77. The molecule has 0 aliphatic rings. The molecule has 1 N–H and O–H groups in total. The summed E-state index contributed by atoms with van der Waals surface area (Å²) in [5.41, 5.74) is 2.37. The summed E-state index contributed by atoms with van der Waals surface area (Å²) in [5, 5.41) is 14.5. The third-order valence-corrected chi connectivity index (χ3v) is 5.77. The highest BCUT2D eigenvalue weighted by atomic mass is 16.5. The van der Waals surface area contributed by atoms with Gasteiger partial charge < -0.3 is 19.5 Å². The largest absolute Gasteiger partial charge is 0.490 e. The minimum atomic E-state index is -0.576. The first kappa shape index (κ1) is 26.0. The highest BCUT2D eigenvalue weighted by Gasteiger charge is 2.13. The van der Waals surface area contributed by atoms with E-state index in [4.69, 9.17) is 9.47 Å². The van der Waals surface area contributed by atoms with Gasteiger partial charge in [0.15, 0.2) is 11.5 Å². The van der Waals surface area contributed by atoms with Gasteiger partial charge in [-0.25, -0.2) is 4.79 Å². The van der Waals surface area contributed by atoms with Crippen LogP contribution < -0.4 is 14.8 Å². The summed E-state index contributed by atoms with van der Waals surface area (Å²) in [6.07, 6.45) is 1.48. The zero-order chi connectivity index (χ0) is 26.9. The number of hydrogen-bond acceptors (Lipinski definition) is 6. The number of nitriles is 1. The van der Waals surface area contributed by atoms with Crippen molar-refractivity contribution in [3.05, 3.63) is 107 Å². The zero-order valence-electron chi connectivity index (χ0n) is 21.1. The Morgan fingerprint density at radius 3 is 2.42 bits per heavy atom. The number of esters is 1. The molecule has 0 unspecified atom stereocenters. The molecule has 38 heavy (non-hydrogen) atoms. The third kappa shape index (κ3) is 6.18. The Hall–Kier alpha value is -5.09. The van der Waals surface area contributed by atoms with Gasteiger partial charge in [0.05, 0.1) is 19.3 Å². The van der Waals surface area contributed by atoms with Crippen molar-refractivity contribution in [2.24, 2.45) is 0 Å². The van der Waals surface area contributed by atoms with Crippen LogP contribution in [0.15, 0.2) is 90.5 Å². The normalized spacial score (nSPS) is 10.9. The van der Waals surface area contributed by atoms with Crippen LogP contribution in [0.4, 0.5) is 5.69 Å². The average molecular weight is 507 g/mol. The van der Waals surface area contributed by atoms with Gasteiger partial charge in [-0.15, -0.1) is 0 Å². The molecule has 0 heterocycles. The molecule has 7 heteroatoms. The molecule has 0 aliphatic heterocycles. The molecule has 0 fully saturated rings. The van der Waals surface area contributed by atoms with Gasteiger partial charge in [-0.1, -0.05) is 48.5 Å². The first-order valence-electron chi connectivity index (χ1n) is 12.0. The summed E-state index contributed by atoms with van der Waals surface area (Å²) in [6.45, 7) is 2.65. The molecular weight excluding hydrogens is 480 g/mol. The van der Waals surface area contributed by atoms with Crippen molar-refractivity contribution in [2.75, 3.05) is 19.0 Å². The molecular formula is C31H26N2O5. The highest BCUT2D eigenvalue weighted by Crippen LogP contribution is 2.31. The summed E-state index contributed by atoms with van der Waals surface area (Å²) in [4.78, 5) is 24.3. The molecule has 190 valence electrons. The first-order valence-corrected chi connectivity index (χ1v) is 12.0. The van der Waals surface area contributed by atoms with Crippen LogP contribution in [0.1, 0.15) is 28.4 Å². The van der Waals surface area contributed by atoms with Crippen molar-refractivity contribution < 1.29 is 23.8 Å². The van der Waals surface area contributed by atoms with Crippen LogP contribution in [0.2, 0.25) is 0 Å². The average Bonchev–Trinajstić information content (AvgIpc) is 2.95. The maximum atomic E-state index is 12.7. The van der Waals surface area contributed by atoms with E-state index in [2.05, 4.69) is 28.3 Å². The smallest absolute Gasteiger partial charge is 0.337 e. The van der Waals surface area contributed by atoms with Crippen molar-refractivity contribution in [2.45, 2.75) is 13.5 Å². The van der Waals surface area contributed by atoms with Gasteiger partial charge in [0.1, 0.15) is 18.2 Å². The lowest BCUT2D eigenvalue weighted by molar-refractivity contribution is -0.112. The monoisotopic (exact) mass is 506 g/mol. The fourth-order valence-corrected chi connectivity index (χ4v) is 3.90. The van der Waals surface area contributed by atoms with Crippen molar-refractivity contribution in [3.8, 4) is 17.6 Å². The van der Waals surface area contributed by atoms with E-state index in [1.54, 1.807) is 30.3 Å². The fourth-order valence-electron chi connectivity index (χ4n) is 3.90. The quantitative estimate of drug-likeness (QED) is 0.166. The van der Waals surface area contributed by atoms with E-state index < -0.39 is 11.9 Å². The lowest BCUT2D eigenvalue weighted by Gasteiger charge is -2.14. The number of carbonyl (C=O) groups is 2. The molecule has 0 atom stereocenters. The highest BCUT2D eigenvalue weighted by molar-refractivity contribution is 6.09. The lowest BCUT2D eigenvalue weighted by atomic mass is 10.1. The molecule has 0 aromatic heterocycles. The number of nitrogens with zero attached hydrogens (tertiary/aromatic N) is 1. The summed E-state index contributed by atoms with van der Waals surface area (Å²) in [5.74, 6) is 0.0193. The number of amides is 1. The van der Waals surface area contributed by atoms with Crippen molar-refractivity contribution >= 4 is 34.4 Å². The number of rotatable bonds is 9. The van der Waals surface area contributed by atoms with Crippen LogP contribution in [0, 0.1) is 11.3 Å². The van der Waals surface area contributed by atoms with Crippen LogP contribution in [0.25, 0.3) is 16.8 Å². The summed E-state index contributed by atoms with van der Waals surface area (Å²) >= 11 is 0. The Labute approximate surface area is 220 Å². The van der Waals surface area contributed by atoms with Crippen LogP contribution >= 0.6 is 0 Å². The molecule has 4 rings (SSSR count). The summed E-state index contributed by atoms with van der Waals surface area (Å²) < 4.78 is 16.6. The molecule has 0 saturated heterocycles. The van der Waals surface area contributed by atoms with Crippen LogP contribution in [0.5, 0.6) is 11.5 Å². The Kier molecular flexibility index (Phi) is 8.37. The standard InChI is InChI=1S/C31H26N2O5/c1-3-37-29-18-21(11-16-28(29)38-20-24-9-6-8-22-7-4-5-10-27(22)24)17-25(19-32)30(34)33-26-14-12-23(13-15-26)31(35)36-2/h4-18H,3,20H2,1-2H3,(H,33,34)/b25-17+. The van der Waals surface area contributed by atoms with E-state index in [1.165, 1.54) is 25.3 Å². The number of nitrogens with one attached hydrogen (secondary N) is 1. The number of fused-ring (bicyclic) bond motifs is 1. The number of ether oxygens (including phenoxy) is 3. The van der Waals surface area contributed by atoms with Gasteiger partial charge in [0.2, 0.25) is 0 Å². The summed E-state index contributed by atoms with van der Waals surface area (Å²) in [6, 6.07) is 27.6. The molecule has 0 spiro atoms. The number of anilines is 1. The van der Waals surface area contributed by atoms with E-state index in [1.807, 2.05) is 37.3 Å². The molecule has 0 radical (unpaired) electrons. The second-order valence-electron chi connectivity index (χ2n) is 8.26. The van der Waals surface area contributed by atoms with Gasteiger partial charge in [-0.2, -0.15) is 5.26 Å². The van der Waals surface area contributed by atoms with E-state index in [-0.39, 0.29) is 5.57 Å². The van der Waals surface area contributed by atoms with Gasteiger partial charge in [-0.3, -0.25) is 4.79 Å². The minimum absolute atomic E-state index is 0.0890. The zero-order valence-corrected chi connectivity index (χ0v) is 21.1. The lowest BCUT2D eigenvalue weighted by Crippen LogP contribution is -2.13. The van der Waals surface area contributed by atoms with Crippen LogP contribution in [0.3, 0.4) is 0 Å².